The van der Waals surface area contributed by atoms with Crippen LogP contribution in [0.25, 0.3) is 11.2 Å². The maximum Gasteiger partial charge on any atom is 0.233 e. The number of aromatic amines is 1. The molecule has 0 radical (unpaired) electrons. The zero-order valence-corrected chi connectivity index (χ0v) is 12.9. The van der Waals surface area contributed by atoms with Crippen LogP contribution in [0.1, 0.15) is 34.1 Å². The van der Waals surface area contributed by atoms with Gasteiger partial charge in [-0.25, -0.2) is 15.0 Å². The second kappa shape index (κ2) is 5.78. The largest absolute Gasteiger partial charge is 0.350 e. The average molecular weight is 293 g/mol. The lowest BCUT2D eigenvalue weighted by molar-refractivity contribution is -0.121. The summed E-state index contributed by atoms with van der Waals surface area (Å²) in [6, 6.07) is 0. The monoisotopic (exact) mass is 293 g/mol. The molecule has 0 saturated heterocycles. The first-order chi connectivity index (χ1) is 9.43. The molecule has 0 unspecified atom stereocenters. The lowest BCUT2D eigenvalue weighted by Crippen LogP contribution is -2.46. The number of hydrogen-bond acceptors (Lipinski definition) is 5. The zero-order chi connectivity index (χ0) is 14.8. The van der Waals surface area contributed by atoms with E-state index in [2.05, 4.69) is 32.2 Å². The maximum absolute atomic E-state index is 12.2. The highest BCUT2D eigenvalue weighted by molar-refractivity contribution is 8.00. The Kier molecular flexibility index (Phi) is 4.27. The van der Waals surface area contributed by atoms with E-state index in [1.54, 1.807) is 6.33 Å². The van der Waals surface area contributed by atoms with Crippen molar-refractivity contribution in [2.45, 2.75) is 49.9 Å². The third-order valence-corrected chi connectivity index (χ3v) is 4.29. The van der Waals surface area contributed by atoms with Gasteiger partial charge < -0.3 is 10.3 Å². The van der Waals surface area contributed by atoms with Gasteiger partial charge in [-0.3, -0.25) is 4.79 Å². The number of carbonyl (C=O) groups excluding carboxylic acids is 1. The standard InChI is InChI=1S/C13H19N5OS/c1-5-13(3,4)18-11(19)8(2)20-12-9-10(15-6-14-9)16-7-17-12/h6-8H,5H2,1-4H3,(H,18,19)(H,14,15,16,17)/t8-/m0/s1. The van der Waals surface area contributed by atoms with Crippen LogP contribution in [0.4, 0.5) is 0 Å². The number of nitrogens with one attached hydrogen (secondary N) is 2. The smallest absolute Gasteiger partial charge is 0.233 e. The van der Waals surface area contributed by atoms with Crippen LogP contribution in [0.2, 0.25) is 0 Å². The van der Waals surface area contributed by atoms with Crippen LogP contribution in [0.5, 0.6) is 0 Å². The van der Waals surface area contributed by atoms with E-state index in [-0.39, 0.29) is 16.7 Å². The van der Waals surface area contributed by atoms with Crippen molar-refractivity contribution in [2.75, 3.05) is 0 Å². The number of imidazole rings is 1. The Balaban J connectivity index is 2.09. The Morgan fingerprint density at radius 1 is 1.45 bits per heavy atom. The molecule has 2 N–H and O–H groups in total. The van der Waals surface area contributed by atoms with Gasteiger partial charge >= 0.3 is 0 Å². The van der Waals surface area contributed by atoms with E-state index in [4.69, 9.17) is 0 Å². The van der Waals surface area contributed by atoms with Crippen molar-refractivity contribution in [3.8, 4) is 0 Å². The van der Waals surface area contributed by atoms with Gasteiger partial charge in [0.2, 0.25) is 5.91 Å². The normalized spacial score (nSPS) is 13.4. The molecule has 1 amide bonds. The van der Waals surface area contributed by atoms with Gasteiger partial charge in [-0.05, 0) is 27.2 Å². The number of carbonyl (C=O) groups is 1. The third kappa shape index (κ3) is 3.27. The molecule has 2 aromatic heterocycles. The number of fused-ring (bicyclic) bond motifs is 1. The van der Waals surface area contributed by atoms with Gasteiger partial charge in [0.25, 0.3) is 0 Å². The van der Waals surface area contributed by atoms with Crippen molar-refractivity contribution in [3.63, 3.8) is 0 Å². The number of nitrogens with zero attached hydrogens (tertiary/aromatic N) is 3. The van der Waals surface area contributed by atoms with Crippen LogP contribution < -0.4 is 5.32 Å². The molecule has 0 spiro atoms. The van der Waals surface area contributed by atoms with Crippen LogP contribution in [0.3, 0.4) is 0 Å². The lowest BCUT2D eigenvalue weighted by Gasteiger charge is -2.26. The Hall–Kier alpha value is -1.63. The molecule has 0 aliphatic carbocycles. The van der Waals surface area contributed by atoms with Crippen LogP contribution in [0, 0.1) is 0 Å². The fourth-order valence-electron chi connectivity index (χ4n) is 1.58. The SMILES string of the molecule is CCC(C)(C)NC(=O)[C@H](C)Sc1ncnc2nc[nH]c12. The summed E-state index contributed by atoms with van der Waals surface area (Å²) in [5, 5.41) is 3.55. The number of hydrogen-bond donors (Lipinski definition) is 2. The van der Waals surface area contributed by atoms with Gasteiger partial charge in [0.1, 0.15) is 16.9 Å². The molecule has 108 valence electrons. The van der Waals surface area contributed by atoms with E-state index in [1.165, 1.54) is 18.1 Å². The molecule has 0 aliphatic rings. The van der Waals surface area contributed by atoms with E-state index >= 15 is 0 Å². The van der Waals surface area contributed by atoms with Crippen molar-refractivity contribution in [2.24, 2.45) is 0 Å². The molecule has 0 fully saturated rings. The second-order valence-corrected chi connectivity index (χ2v) is 6.60. The van der Waals surface area contributed by atoms with Crippen LogP contribution in [-0.2, 0) is 4.79 Å². The van der Waals surface area contributed by atoms with E-state index in [1.807, 2.05) is 20.8 Å². The fourth-order valence-corrected chi connectivity index (χ4v) is 2.45. The van der Waals surface area contributed by atoms with Crippen molar-refractivity contribution in [3.05, 3.63) is 12.7 Å². The Morgan fingerprint density at radius 3 is 2.90 bits per heavy atom. The van der Waals surface area contributed by atoms with Crippen LogP contribution in [-0.4, -0.2) is 36.6 Å². The zero-order valence-electron chi connectivity index (χ0n) is 12.1. The van der Waals surface area contributed by atoms with Gasteiger partial charge in [0.05, 0.1) is 11.6 Å². The van der Waals surface area contributed by atoms with Crippen molar-refractivity contribution in [1.29, 1.82) is 0 Å². The second-order valence-electron chi connectivity index (χ2n) is 5.27. The number of amides is 1. The summed E-state index contributed by atoms with van der Waals surface area (Å²) in [6.45, 7) is 7.95. The molecule has 1 atom stereocenters. The van der Waals surface area contributed by atoms with Gasteiger partial charge in [0.15, 0.2) is 5.65 Å². The van der Waals surface area contributed by atoms with E-state index in [0.29, 0.717) is 5.65 Å². The first-order valence-corrected chi connectivity index (χ1v) is 7.43. The van der Waals surface area contributed by atoms with Crippen molar-refractivity contribution >= 4 is 28.8 Å². The van der Waals surface area contributed by atoms with Crippen molar-refractivity contribution < 1.29 is 4.79 Å². The van der Waals surface area contributed by atoms with E-state index in [9.17, 15) is 4.79 Å². The molecule has 2 heterocycles. The summed E-state index contributed by atoms with van der Waals surface area (Å²) in [7, 11) is 0. The molecule has 20 heavy (non-hydrogen) atoms. The molecule has 0 aliphatic heterocycles. The minimum absolute atomic E-state index is 0.00753. The quantitative estimate of drug-likeness (QED) is 0.652. The summed E-state index contributed by atoms with van der Waals surface area (Å²) in [5.74, 6) is 0.00753. The molecule has 6 nitrogen and oxygen atoms in total. The summed E-state index contributed by atoms with van der Waals surface area (Å²) in [6.07, 6.45) is 3.93. The minimum Gasteiger partial charge on any atom is -0.350 e. The number of aromatic nitrogens is 4. The van der Waals surface area contributed by atoms with Gasteiger partial charge in [-0.15, -0.1) is 0 Å². The Bertz CT molecular complexity index is 610. The highest BCUT2D eigenvalue weighted by Crippen LogP contribution is 2.26. The summed E-state index contributed by atoms with van der Waals surface area (Å²) >= 11 is 1.40. The first kappa shape index (κ1) is 14.8. The lowest BCUT2D eigenvalue weighted by atomic mass is 10.0. The molecular weight excluding hydrogens is 274 g/mol. The van der Waals surface area contributed by atoms with E-state index < -0.39 is 0 Å². The predicted molar refractivity (Wildman–Crippen MR) is 79.5 cm³/mol. The topological polar surface area (TPSA) is 83.6 Å². The highest BCUT2D eigenvalue weighted by atomic mass is 32.2. The third-order valence-electron chi connectivity index (χ3n) is 3.19. The Morgan fingerprint density at radius 2 is 2.20 bits per heavy atom. The molecule has 0 saturated carbocycles. The van der Waals surface area contributed by atoms with Gasteiger partial charge in [-0.2, -0.15) is 0 Å². The molecule has 0 aromatic carbocycles. The van der Waals surface area contributed by atoms with E-state index in [0.717, 1.165) is 17.0 Å². The van der Waals surface area contributed by atoms with Crippen molar-refractivity contribution in [1.82, 2.24) is 25.3 Å². The first-order valence-electron chi connectivity index (χ1n) is 6.55. The summed E-state index contributed by atoms with van der Waals surface area (Å²) < 4.78 is 0. The van der Waals surface area contributed by atoms with Gasteiger partial charge in [-0.1, -0.05) is 18.7 Å². The fraction of sp³-hybridized carbons (Fsp3) is 0.538. The molecule has 7 heteroatoms. The minimum atomic E-state index is -0.234. The summed E-state index contributed by atoms with van der Waals surface area (Å²) in [5.41, 5.74) is 1.19. The summed E-state index contributed by atoms with van der Waals surface area (Å²) in [4.78, 5) is 27.6. The average Bonchev–Trinajstić information content (AvgIpc) is 2.87. The molecule has 2 rings (SSSR count). The number of thioether (sulfide) groups is 1. The predicted octanol–water partition coefficient (Wildman–Crippen LogP) is 2.14. The number of H-pyrrole nitrogens is 1. The number of rotatable bonds is 5. The van der Waals surface area contributed by atoms with Gasteiger partial charge in [0, 0.05) is 5.54 Å². The maximum atomic E-state index is 12.2. The van der Waals surface area contributed by atoms with Crippen LogP contribution >= 0.6 is 11.8 Å². The molecular formula is C13H19N5OS. The Labute approximate surface area is 122 Å². The molecule has 2 aromatic rings. The van der Waals surface area contributed by atoms with Crippen LogP contribution in [0.15, 0.2) is 17.7 Å². The highest BCUT2D eigenvalue weighted by Gasteiger charge is 2.23. The molecule has 0 bridgehead atoms.